The number of benzene rings is 1. The molecule has 2 atom stereocenters. The van der Waals surface area contributed by atoms with Crippen LogP contribution in [-0.4, -0.2) is 47.9 Å². The van der Waals surface area contributed by atoms with Crippen LogP contribution in [0.1, 0.15) is 31.9 Å². The van der Waals surface area contributed by atoms with Gasteiger partial charge in [0.05, 0.1) is 6.04 Å². The second-order valence-corrected chi connectivity index (χ2v) is 6.43. The number of carbonyl (C=O) groups is 1. The largest absolute Gasteiger partial charge is 0.340 e. The summed E-state index contributed by atoms with van der Waals surface area (Å²) in [7, 11) is 0. The van der Waals surface area contributed by atoms with Gasteiger partial charge >= 0.3 is 0 Å². The third-order valence-electron chi connectivity index (χ3n) is 4.25. The third-order valence-corrected chi connectivity index (χ3v) is 4.98. The Morgan fingerprint density at radius 2 is 1.90 bits per heavy atom. The highest BCUT2D eigenvalue weighted by Crippen LogP contribution is 2.31. The Labute approximate surface area is 135 Å². The zero-order valence-corrected chi connectivity index (χ0v) is 14.3. The number of halogens is 1. The van der Waals surface area contributed by atoms with E-state index in [0.717, 1.165) is 37.1 Å². The van der Waals surface area contributed by atoms with Crippen molar-refractivity contribution in [3.05, 3.63) is 34.3 Å². The van der Waals surface area contributed by atoms with E-state index in [-0.39, 0.29) is 18.0 Å². The van der Waals surface area contributed by atoms with Crippen molar-refractivity contribution in [3.63, 3.8) is 0 Å². The van der Waals surface area contributed by atoms with Gasteiger partial charge in [-0.2, -0.15) is 0 Å². The fourth-order valence-corrected chi connectivity index (χ4v) is 3.47. The van der Waals surface area contributed by atoms with Crippen LogP contribution in [0.2, 0.25) is 0 Å². The molecule has 0 aliphatic carbocycles. The molecule has 0 bridgehead atoms. The predicted molar refractivity (Wildman–Crippen MR) is 89.0 cm³/mol. The smallest absolute Gasteiger partial charge is 0.219 e. The molecular formula is C16H24BrN3O. The van der Waals surface area contributed by atoms with Crippen LogP contribution in [-0.2, 0) is 4.79 Å². The van der Waals surface area contributed by atoms with Gasteiger partial charge in [0.25, 0.3) is 0 Å². The first-order valence-electron chi connectivity index (χ1n) is 7.54. The maximum atomic E-state index is 11.5. The lowest BCUT2D eigenvalue weighted by Crippen LogP contribution is -2.52. The molecule has 0 spiro atoms. The molecule has 1 amide bonds. The first kappa shape index (κ1) is 16.5. The highest BCUT2D eigenvalue weighted by molar-refractivity contribution is 9.10. The lowest BCUT2D eigenvalue weighted by atomic mass is 9.95. The van der Waals surface area contributed by atoms with Crippen molar-refractivity contribution in [2.24, 2.45) is 5.73 Å². The first-order valence-corrected chi connectivity index (χ1v) is 8.33. The molecule has 5 heteroatoms. The van der Waals surface area contributed by atoms with Gasteiger partial charge in [0.2, 0.25) is 5.91 Å². The number of nitrogens with two attached hydrogens (primary N) is 1. The van der Waals surface area contributed by atoms with E-state index in [9.17, 15) is 4.79 Å². The van der Waals surface area contributed by atoms with Crippen LogP contribution in [0.25, 0.3) is 0 Å². The van der Waals surface area contributed by atoms with E-state index in [1.54, 1.807) is 6.92 Å². The molecule has 4 nitrogen and oxygen atoms in total. The van der Waals surface area contributed by atoms with Crippen LogP contribution < -0.4 is 5.73 Å². The molecule has 2 rings (SSSR count). The standard InChI is InChI=1S/C16H24BrN3O/c1-3-15(18)16(13-6-4-5-7-14(13)17)20-10-8-19(9-11-20)12(2)21/h4-7,15-16H,3,8-11,18H2,1-2H3. The second kappa shape index (κ2) is 7.38. The van der Waals surface area contributed by atoms with Gasteiger partial charge in [0.15, 0.2) is 0 Å². The van der Waals surface area contributed by atoms with E-state index in [4.69, 9.17) is 5.73 Å². The molecule has 1 aromatic rings. The zero-order valence-electron chi connectivity index (χ0n) is 12.8. The van der Waals surface area contributed by atoms with Gasteiger partial charge in [0, 0.05) is 43.6 Å². The summed E-state index contributed by atoms with van der Waals surface area (Å²) in [6.45, 7) is 7.08. The Hall–Kier alpha value is -0.910. The average Bonchev–Trinajstić information content (AvgIpc) is 2.49. The SMILES string of the molecule is CCC(N)C(c1ccccc1Br)N1CCN(C(C)=O)CC1. The molecule has 0 saturated carbocycles. The summed E-state index contributed by atoms with van der Waals surface area (Å²) >= 11 is 3.65. The van der Waals surface area contributed by atoms with E-state index in [1.807, 2.05) is 11.0 Å². The molecule has 0 aromatic heterocycles. The summed E-state index contributed by atoms with van der Waals surface area (Å²) in [5.74, 6) is 0.159. The van der Waals surface area contributed by atoms with Crippen molar-refractivity contribution >= 4 is 21.8 Å². The molecule has 21 heavy (non-hydrogen) atoms. The topological polar surface area (TPSA) is 49.6 Å². The molecule has 1 fully saturated rings. The van der Waals surface area contributed by atoms with Crippen LogP contribution in [0.3, 0.4) is 0 Å². The number of carbonyl (C=O) groups excluding carboxylic acids is 1. The number of hydrogen-bond acceptors (Lipinski definition) is 3. The molecule has 1 aromatic carbocycles. The number of piperazine rings is 1. The monoisotopic (exact) mass is 353 g/mol. The van der Waals surface area contributed by atoms with Crippen molar-refractivity contribution in [2.45, 2.75) is 32.4 Å². The molecule has 1 saturated heterocycles. The Balaban J connectivity index is 2.19. The molecule has 2 unspecified atom stereocenters. The maximum Gasteiger partial charge on any atom is 0.219 e. The summed E-state index contributed by atoms with van der Waals surface area (Å²) in [5, 5.41) is 0. The summed E-state index contributed by atoms with van der Waals surface area (Å²) in [6.07, 6.45) is 0.929. The number of amides is 1. The van der Waals surface area contributed by atoms with Gasteiger partial charge in [-0.15, -0.1) is 0 Å². The first-order chi connectivity index (χ1) is 10.0. The average molecular weight is 354 g/mol. The molecule has 1 aliphatic rings. The van der Waals surface area contributed by atoms with Gasteiger partial charge in [-0.25, -0.2) is 0 Å². The maximum absolute atomic E-state index is 11.5. The van der Waals surface area contributed by atoms with Gasteiger partial charge in [-0.05, 0) is 18.1 Å². The quantitative estimate of drug-likeness (QED) is 0.903. The minimum absolute atomic E-state index is 0.0904. The molecule has 2 N–H and O–H groups in total. The third kappa shape index (κ3) is 3.84. The van der Waals surface area contributed by atoms with Crippen LogP contribution in [0.5, 0.6) is 0 Å². The fourth-order valence-electron chi connectivity index (χ4n) is 2.95. The second-order valence-electron chi connectivity index (χ2n) is 5.58. The minimum atomic E-state index is 0.0904. The summed E-state index contributed by atoms with van der Waals surface area (Å²) in [4.78, 5) is 15.8. The fraction of sp³-hybridized carbons (Fsp3) is 0.562. The van der Waals surface area contributed by atoms with Crippen molar-refractivity contribution in [1.82, 2.24) is 9.80 Å². The number of nitrogens with zero attached hydrogens (tertiary/aromatic N) is 2. The lowest BCUT2D eigenvalue weighted by Gasteiger charge is -2.41. The summed E-state index contributed by atoms with van der Waals surface area (Å²) in [5.41, 5.74) is 7.64. The van der Waals surface area contributed by atoms with Gasteiger partial charge in [0.1, 0.15) is 0 Å². The van der Waals surface area contributed by atoms with Crippen molar-refractivity contribution in [1.29, 1.82) is 0 Å². The van der Waals surface area contributed by atoms with Crippen LogP contribution in [0.4, 0.5) is 0 Å². The Morgan fingerprint density at radius 1 is 1.29 bits per heavy atom. The van der Waals surface area contributed by atoms with E-state index < -0.39 is 0 Å². The molecule has 0 radical (unpaired) electrons. The molecule has 116 valence electrons. The predicted octanol–water partition coefficient (Wildman–Crippen LogP) is 2.39. The van der Waals surface area contributed by atoms with Crippen LogP contribution >= 0.6 is 15.9 Å². The zero-order chi connectivity index (χ0) is 15.4. The minimum Gasteiger partial charge on any atom is -0.340 e. The summed E-state index contributed by atoms with van der Waals surface area (Å²) < 4.78 is 1.10. The Kier molecular flexibility index (Phi) is 5.79. The molecule has 1 aliphatic heterocycles. The van der Waals surface area contributed by atoms with Gasteiger partial charge < -0.3 is 10.6 Å². The van der Waals surface area contributed by atoms with Crippen LogP contribution in [0, 0.1) is 0 Å². The molecule has 1 heterocycles. The van der Waals surface area contributed by atoms with E-state index >= 15 is 0 Å². The summed E-state index contributed by atoms with van der Waals surface area (Å²) in [6, 6.07) is 8.57. The van der Waals surface area contributed by atoms with E-state index in [2.05, 4.69) is 46.0 Å². The van der Waals surface area contributed by atoms with Crippen LogP contribution in [0.15, 0.2) is 28.7 Å². The highest BCUT2D eigenvalue weighted by atomic mass is 79.9. The van der Waals surface area contributed by atoms with Crippen molar-refractivity contribution in [2.75, 3.05) is 26.2 Å². The lowest BCUT2D eigenvalue weighted by molar-refractivity contribution is -0.130. The van der Waals surface area contributed by atoms with Crippen molar-refractivity contribution in [3.8, 4) is 0 Å². The number of rotatable bonds is 4. The van der Waals surface area contributed by atoms with Gasteiger partial charge in [-0.1, -0.05) is 41.1 Å². The molecular weight excluding hydrogens is 330 g/mol. The Morgan fingerprint density at radius 3 is 2.43 bits per heavy atom. The highest BCUT2D eigenvalue weighted by Gasteiger charge is 2.30. The van der Waals surface area contributed by atoms with Gasteiger partial charge in [-0.3, -0.25) is 9.69 Å². The normalized spacial score (nSPS) is 19.3. The van der Waals surface area contributed by atoms with Crippen molar-refractivity contribution < 1.29 is 4.79 Å². The Bertz CT molecular complexity index is 486. The van der Waals surface area contributed by atoms with E-state index in [0.29, 0.717) is 0 Å². The van der Waals surface area contributed by atoms with E-state index in [1.165, 1.54) is 5.56 Å². The number of hydrogen-bond donors (Lipinski definition) is 1.